The molecule has 4 heteroatoms. The van der Waals surface area contributed by atoms with Crippen LogP contribution in [-0.2, 0) is 0 Å². The first-order valence-electron chi connectivity index (χ1n) is 7.81. The molecule has 3 unspecified atom stereocenters. The van der Waals surface area contributed by atoms with E-state index in [-0.39, 0.29) is 6.04 Å². The van der Waals surface area contributed by atoms with Crippen molar-refractivity contribution < 1.29 is 5.11 Å². The predicted octanol–water partition coefficient (Wildman–Crippen LogP) is 2.93. The van der Waals surface area contributed by atoms with Gasteiger partial charge in [-0.05, 0) is 62.1 Å². The van der Waals surface area contributed by atoms with Gasteiger partial charge in [-0.2, -0.15) is 0 Å². The fraction of sp³-hybridized carbons (Fsp3) is 0.750. The molecule has 2 rings (SSSR count). The fourth-order valence-corrected chi connectivity index (χ4v) is 4.45. The number of piperidine rings is 1. The second-order valence-corrected chi connectivity index (χ2v) is 6.95. The zero-order chi connectivity index (χ0) is 14.5. The summed E-state index contributed by atoms with van der Waals surface area (Å²) in [6.07, 6.45) is 4.40. The van der Waals surface area contributed by atoms with Gasteiger partial charge in [-0.3, -0.25) is 4.90 Å². The van der Waals surface area contributed by atoms with E-state index >= 15 is 0 Å². The van der Waals surface area contributed by atoms with Gasteiger partial charge in [-0.15, -0.1) is 11.3 Å². The quantitative estimate of drug-likeness (QED) is 0.848. The molecule has 1 aromatic heterocycles. The molecule has 0 aromatic carbocycles. The highest BCUT2D eigenvalue weighted by molar-refractivity contribution is 7.10. The third kappa shape index (κ3) is 3.61. The van der Waals surface area contributed by atoms with Crippen molar-refractivity contribution in [3.63, 3.8) is 0 Å². The maximum atomic E-state index is 9.19. The molecule has 0 aliphatic carbocycles. The number of aliphatic hydroxyl groups is 1. The Morgan fingerprint density at radius 1 is 1.55 bits per heavy atom. The highest BCUT2D eigenvalue weighted by atomic mass is 32.1. The molecule has 1 aliphatic rings. The lowest BCUT2D eigenvalue weighted by Gasteiger charge is -2.40. The van der Waals surface area contributed by atoms with Crippen LogP contribution in [0.5, 0.6) is 0 Å². The van der Waals surface area contributed by atoms with Crippen LogP contribution in [0.25, 0.3) is 0 Å². The second kappa shape index (κ2) is 7.55. The summed E-state index contributed by atoms with van der Waals surface area (Å²) in [4.78, 5) is 4.00. The molecule has 0 radical (unpaired) electrons. The summed E-state index contributed by atoms with van der Waals surface area (Å²) in [5.41, 5.74) is 7.81. The summed E-state index contributed by atoms with van der Waals surface area (Å²) in [5.74, 6) is 0.626. The molecule has 1 aromatic rings. The lowest BCUT2D eigenvalue weighted by Crippen LogP contribution is -2.45. The maximum absolute atomic E-state index is 9.19. The second-order valence-electron chi connectivity index (χ2n) is 6.00. The van der Waals surface area contributed by atoms with E-state index in [4.69, 9.17) is 5.73 Å². The SMILES string of the molecule is CCC(N)C(c1sccc1C)N1CCCC(CCO)C1. The molecular formula is C16H28N2OS. The van der Waals surface area contributed by atoms with Crippen molar-refractivity contribution in [2.45, 2.75) is 51.6 Å². The van der Waals surface area contributed by atoms with Gasteiger partial charge in [0.15, 0.2) is 0 Å². The monoisotopic (exact) mass is 296 g/mol. The number of aryl methyl sites for hydroxylation is 1. The molecule has 1 fully saturated rings. The molecule has 114 valence electrons. The maximum Gasteiger partial charge on any atom is 0.0596 e. The number of likely N-dealkylation sites (tertiary alicyclic amines) is 1. The molecule has 0 spiro atoms. The van der Waals surface area contributed by atoms with E-state index in [1.807, 2.05) is 11.3 Å². The first kappa shape index (κ1) is 16.0. The summed E-state index contributed by atoms with van der Waals surface area (Å²) < 4.78 is 0. The van der Waals surface area contributed by atoms with Gasteiger partial charge in [-0.25, -0.2) is 0 Å². The molecule has 3 nitrogen and oxygen atoms in total. The molecule has 0 saturated carbocycles. The number of thiophene rings is 1. The first-order valence-corrected chi connectivity index (χ1v) is 8.69. The molecule has 1 aliphatic heterocycles. The number of nitrogens with zero attached hydrogens (tertiary/aromatic N) is 1. The van der Waals surface area contributed by atoms with E-state index in [9.17, 15) is 5.11 Å². The highest BCUT2D eigenvalue weighted by Crippen LogP contribution is 2.35. The molecule has 2 heterocycles. The van der Waals surface area contributed by atoms with Crippen molar-refractivity contribution in [2.24, 2.45) is 11.7 Å². The van der Waals surface area contributed by atoms with Crippen LogP contribution in [0.1, 0.15) is 49.1 Å². The van der Waals surface area contributed by atoms with Gasteiger partial charge < -0.3 is 10.8 Å². The number of hydrogen-bond donors (Lipinski definition) is 2. The van der Waals surface area contributed by atoms with Gasteiger partial charge in [0.05, 0.1) is 6.04 Å². The highest BCUT2D eigenvalue weighted by Gasteiger charge is 2.31. The minimum atomic E-state index is 0.195. The molecule has 0 bridgehead atoms. The van der Waals surface area contributed by atoms with Crippen LogP contribution in [0.2, 0.25) is 0 Å². The average molecular weight is 296 g/mol. The van der Waals surface area contributed by atoms with Crippen molar-refractivity contribution in [1.82, 2.24) is 4.90 Å². The van der Waals surface area contributed by atoms with Crippen LogP contribution in [0, 0.1) is 12.8 Å². The molecule has 1 saturated heterocycles. The Morgan fingerprint density at radius 2 is 2.35 bits per heavy atom. The normalized spacial score (nSPS) is 23.7. The summed E-state index contributed by atoms with van der Waals surface area (Å²) in [6.45, 7) is 6.89. The van der Waals surface area contributed by atoms with Crippen LogP contribution < -0.4 is 5.73 Å². The van der Waals surface area contributed by atoms with E-state index in [0.29, 0.717) is 18.6 Å². The molecule has 0 amide bonds. The largest absolute Gasteiger partial charge is 0.396 e. The van der Waals surface area contributed by atoms with E-state index in [1.54, 1.807) is 0 Å². The number of aliphatic hydroxyl groups excluding tert-OH is 1. The third-order valence-corrected chi connectivity index (χ3v) is 5.62. The van der Waals surface area contributed by atoms with Gasteiger partial charge in [0.1, 0.15) is 0 Å². The fourth-order valence-electron chi connectivity index (χ4n) is 3.31. The number of nitrogens with two attached hydrogens (primary N) is 1. The Balaban J connectivity index is 2.16. The topological polar surface area (TPSA) is 49.5 Å². The van der Waals surface area contributed by atoms with E-state index in [0.717, 1.165) is 25.9 Å². The lowest BCUT2D eigenvalue weighted by atomic mass is 9.91. The Hall–Kier alpha value is -0.420. The van der Waals surface area contributed by atoms with Crippen molar-refractivity contribution in [2.75, 3.05) is 19.7 Å². The van der Waals surface area contributed by atoms with Crippen LogP contribution in [0.15, 0.2) is 11.4 Å². The van der Waals surface area contributed by atoms with E-state index in [1.165, 1.54) is 23.3 Å². The zero-order valence-corrected chi connectivity index (χ0v) is 13.5. The van der Waals surface area contributed by atoms with Crippen LogP contribution in [0.4, 0.5) is 0 Å². The molecule has 20 heavy (non-hydrogen) atoms. The first-order chi connectivity index (χ1) is 9.67. The van der Waals surface area contributed by atoms with Gasteiger partial charge in [0.25, 0.3) is 0 Å². The van der Waals surface area contributed by atoms with E-state index < -0.39 is 0 Å². The van der Waals surface area contributed by atoms with Crippen molar-refractivity contribution in [1.29, 1.82) is 0 Å². The zero-order valence-electron chi connectivity index (χ0n) is 12.7. The summed E-state index contributed by atoms with van der Waals surface area (Å²) in [6, 6.07) is 2.74. The number of hydrogen-bond acceptors (Lipinski definition) is 4. The van der Waals surface area contributed by atoms with Crippen molar-refractivity contribution in [3.8, 4) is 0 Å². The Morgan fingerprint density at radius 3 is 2.95 bits per heavy atom. The summed E-state index contributed by atoms with van der Waals surface area (Å²) >= 11 is 1.84. The van der Waals surface area contributed by atoms with Crippen LogP contribution >= 0.6 is 11.3 Å². The molecule has 3 N–H and O–H groups in total. The molecular weight excluding hydrogens is 268 g/mol. The Kier molecular flexibility index (Phi) is 6.02. The Bertz CT molecular complexity index is 405. The standard InChI is InChI=1S/C16H28N2OS/c1-3-14(17)15(16-12(2)7-10-20-16)18-8-4-5-13(11-18)6-9-19/h7,10,13-15,19H,3-6,8-9,11,17H2,1-2H3. The average Bonchev–Trinajstić information content (AvgIpc) is 2.86. The smallest absolute Gasteiger partial charge is 0.0596 e. The Labute approximate surface area is 126 Å². The van der Waals surface area contributed by atoms with E-state index in [2.05, 4.69) is 30.2 Å². The predicted molar refractivity (Wildman–Crippen MR) is 86.1 cm³/mol. The third-order valence-electron chi connectivity index (χ3n) is 4.53. The van der Waals surface area contributed by atoms with Crippen molar-refractivity contribution >= 4 is 11.3 Å². The summed E-state index contributed by atoms with van der Waals surface area (Å²) in [7, 11) is 0. The van der Waals surface area contributed by atoms with Crippen molar-refractivity contribution in [3.05, 3.63) is 21.9 Å². The lowest BCUT2D eigenvalue weighted by molar-refractivity contribution is 0.0944. The van der Waals surface area contributed by atoms with Gasteiger partial charge in [0.2, 0.25) is 0 Å². The van der Waals surface area contributed by atoms with Crippen LogP contribution in [0.3, 0.4) is 0 Å². The van der Waals surface area contributed by atoms with Crippen LogP contribution in [-0.4, -0.2) is 35.7 Å². The molecule has 3 atom stereocenters. The van der Waals surface area contributed by atoms with Gasteiger partial charge in [0, 0.05) is 24.1 Å². The number of rotatable bonds is 6. The van der Waals surface area contributed by atoms with Gasteiger partial charge in [-0.1, -0.05) is 6.92 Å². The van der Waals surface area contributed by atoms with Gasteiger partial charge >= 0.3 is 0 Å². The minimum Gasteiger partial charge on any atom is -0.396 e. The summed E-state index contributed by atoms with van der Waals surface area (Å²) in [5, 5.41) is 11.4. The minimum absolute atomic E-state index is 0.195.